The largest absolute Gasteiger partial charge is 0.390 e. The number of amidine groups is 1. The van der Waals surface area contributed by atoms with E-state index < -0.39 is 28.3 Å². The second-order valence-corrected chi connectivity index (χ2v) is 9.34. The first-order chi connectivity index (χ1) is 14.2. The van der Waals surface area contributed by atoms with E-state index in [2.05, 4.69) is 26.3 Å². The first-order valence-corrected chi connectivity index (χ1v) is 11.5. The molecule has 0 spiro atoms. The van der Waals surface area contributed by atoms with Crippen molar-refractivity contribution in [1.29, 1.82) is 0 Å². The molecule has 2 aliphatic heterocycles. The average Bonchev–Trinajstić information content (AvgIpc) is 3.23. The van der Waals surface area contributed by atoms with Crippen LogP contribution in [-0.2, 0) is 10.0 Å². The molecule has 1 aromatic carbocycles. The van der Waals surface area contributed by atoms with Crippen LogP contribution in [0.4, 0.5) is 10.1 Å². The summed E-state index contributed by atoms with van der Waals surface area (Å²) in [4.78, 5) is 1.84. The van der Waals surface area contributed by atoms with Crippen molar-refractivity contribution in [2.75, 3.05) is 31.1 Å². The minimum Gasteiger partial charge on any atom is -0.390 e. The maximum Gasteiger partial charge on any atom is 0.240 e. The molecular formula is C15H26FN9O3S2. The van der Waals surface area contributed by atoms with Gasteiger partial charge in [-0.1, -0.05) is 0 Å². The predicted octanol–water partition coefficient (Wildman–Crippen LogP) is -2.60. The van der Waals surface area contributed by atoms with Crippen LogP contribution in [0.15, 0.2) is 27.0 Å². The molecule has 0 bridgehead atoms. The molecule has 168 valence electrons. The Hall–Kier alpha value is -1.72. The zero-order valence-electron chi connectivity index (χ0n) is 16.0. The zero-order chi connectivity index (χ0) is 21.9. The Kier molecular flexibility index (Phi) is 7.35. The van der Waals surface area contributed by atoms with Crippen LogP contribution in [0.5, 0.6) is 0 Å². The smallest absolute Gasteiger partial charge is 0.240 e. The van der Waals surface area contributed by atoms with E-state index in [-0.39, 0.29) is 35.9 Å². The number of alkyl halides is 1. The number of aliphatic hydroxyl groups excluding tert-OH is 1. The van der Waals surface area contributed by atoms with Crippen molar-refractivity contribution >= 4 is 33.5 Å². The molecule has 3 rings (SSSR count). The summed E-state index contributed by atoms with van der Waals surface area (Å²) in [6.07, 6.45) is -1.63. The molecule has 12 nitrogen and oxygen atoms in total. The molecule has 2 heterocycles. The summed E-state index contributed by atoms with van der Waals surface area (Å²) in [7, 11) is -4.21. The standard InChI is InChI=1S/C15H26FN9O3S2/c16-9-7-25(4-3-10(9)18)11-1-2-12(29-20-6-8(26)5-17)14(30(19,27)28)13(11)15-21-23-24-22-15/h1-2,8-10,20,23-24,26H,3-7,17-18H2,(H,21,22)(H2,19,27,28)/t8-,9-,10+/m1/s1. The zero-order valence-corrected chi connectivity index (χ0v) is 17.6. The van der Waals surface area contributed by atoms with Crippen LogP contribution in [0.1, 0.15) is 12.0 Å². The Bertz CT molecular complexity index is 902. The number of nitrogens with zero attached hydrogens (tertiary/aromatic N) is 2. The van der Waals surface area contributed by atoms with Gasteiger partial charge in [-0.2, -0.15) is 0 Å². The maximum atomic E-state index is 14.3. The van der Waals surface area contributed by atoms with Crippen LogP contribution < -0.4 is 42.7 Å². The van der Waals surface area contributed by atoms with Crippen molar-refractivity contribution in [3.05, 3.63) is 17.7 Å². The molecule has 0 amide bonds. The summed E-state index contributed by atoms with van der Waals surface area (Å²) in [5, 5.41) is 19.2. The van der Waals surface area contributed by atoms with Crippen molar-refractivity contribution < 1.29 is 17.9 Å². The van der Waals surface area contributed by atoms with Gasteiger partial charge in [0.1, 0.15) is 11.1 Å². The molecule has 0 aromatic heterocycles. The number of nitrogens with two attached hydrogens (primary N) is 3. The van der Waals surface area contributed by atoms with Gasteiger partial charge in [0.15, 0.2) is 5.84 Å². The Morgan fingerprint density at radius 1 is 1.47 bits per heavy atom. The summed E-state index contributed by atoms with van der Waals surface area (Å²) >= 11 is 0.986. The van der Waals surface area contributed by atoms with E-state index in [0.29, 0.717) is 23.5 Å². The molecule has 1 fully saturated rings. The van der Waals surface area contributed by atoms with Crippen LogP contribution in [0, 0.1) is 0 Å². The highest BCUT2D eigenvalue weighted by Gasteiger charge is 2.33. The fourth-order valence-electron chi connectivity index (χ4n) is 3.17. The van der Waals surface area contributed by atoms with E-state index in [1.807, 2.05) is 0 Å². The fraction of sp³-hybridized carbons (Fsp3) is 0.533. The van der Waals surface area contributed by atoms with Gasteiger partial charge in [-0.05, 0) is 30.5 Å². The van der Waals surface area contributed by atoms with Gasteiger partial charge < -0.3 is 21.5 Å². The van der Waals surface area contributed by atoms with E-state index in [9.17, 15) is 17.9 Å². The highest BCUT2D eigenvalue weighted by Crippen LogP contribution is 2.35. The SMILES string of the molecule is NC[C@@H](O)CNSc1ccc(N2CC[C@H](N)[C@H](F)C2)c(C2=NNNN2)c1S(N)(=O)=O. The van der Waals surface area contributed by atoms with Crippen LogP contribution in [-0.4, -0.2) is 63.9 Å². The van der Waals surface area contributed by atoms with Crippen molar-refractivity contribution in [3.8, 4) is 0 Å². The number of piperidine rings is 1. The summed E-state index contributed by atoms with van der Waals surface area (Å²) in [5.74, 6) is 0.184. The number of anilines is 1. The van der Waals surface area contributed by atoms with Gasteiger partial charge >= 0.3 is 0 Å². The molecule has 11 N–H and O–H groups in total. The molecule has 1 saturated heterocycles. The lowest BCUT2D eigenvalue weighted by Gasteiger charge is -2.36. The molecule has 0 saturated carbocycles. The molecule has 2 aliphatic rings. The van der Waals surface area contributed by atoms with Crippen LogP contribution >= 0.6 is 11.9 Å². The van der Waals surface area contributed by atoms with Crippen LogP contribution in [0.3, 0.4) is 0 Å². The minimum absolute atomic E-state index is 0.0137. The second-order valence-electron chi connectivity index (χ2n) is 6.91. The number of halogens is 1. The Morgan fingerprint density at radius 2 is 2.23 bits per heavy atom. The summed E-state index contributed by atoms with van der Waals surface area (Å²) in [5.41, 5.74) is 19.6. The van der Waals surface area contributed by atoms with Gasteiger partial charge in [-0.25, -0.2) is 23.5 Å². The molecule has 0 aliphatic carbocycles. The van der Waals surface area contributed by atoms with Crippen molar-refractivity contribution in [3.63, 3.8) is 0 Å². The number of hydrazine groups is 2. The maximum absolute atomic E-state index is 14.3. The number of hydrogen-bond acceptors (Lipinski definition) is 12. The lowest BCUT2D eigenvalue weighted by molar-refractivity contribution is 0.188. The van der Waals surface area contributed by atoms with E-state index in [0.717, 1.165) is 11.9 Å². The topological polar surface area (TPSA) is 196 Å². The van der Waals surface area contributed by atoms with Gasteiger partial charge in [-0.15, -0.1) is 10.6 Å². The van der Waals surface area contributed by atoms with E-state index in [1.54, 1.807) is 17.0 Å². The summed E-state index contributed by atoms with van der Waals surface area (Å²) in [6, 6.07) is 2.68. The fourth-order valence-corrected chi connectivity index (χ4v) is 5.24. The first-order valence-electron chi connectivity index (χ1n) is 9.18. The van der Waals surface area contributed by atoms with Gasteiger partial charge in [0.25, 0.3) is 0 Å². The number of primary sulfonamides is 1. The monoisotopic (exact) mass is 463 g/mol. The van der Waals surface area contributed by atoms with Crippen molar-refractivity contribution in [2.24, 2.45) is 21.7 Å². The van der Waals surface area contributed by atoms with E-state index >= 15 is 0 Å². The van der Waals surface area contributed by atoms with Crippen molar-refractivity contribution in [1.82, 2.24) is 21.2 Å². The highest BCUT2D eigenvalue weighted by molar-refractivity contribution is 7.98. The molecule has 1 aromatic rings. The van der Waals surface area contributed by atoms with Crippen molar-refractivity contribution in [2.45, 2.75) is 34.5 Å². The van der Waals surface area contributed by atoms with Crippen LogP contribution in [0.2, 0.25) is 0 Å². The third-order valence-electron chi connectivity index (χ3n) is 4.73. The molecule has 15 heteroatoms. The molecule has 0 unspecified atom stereocenters. The second kappa shape index (κ2) is 9.61. The number of rotatable bonds is 8. The Balaban J connectivity index is 2.05. The van der Waals surface area contributed by atoms with E-state index in [1.165, 1.54) is 0 Å². The van der Waals surface area contributed by atoms with Gasteiger partial charge in [0.2, 0.25) is 10.0 Å². The highest BCUT2D eigenvalue weighted by atomic mass is 32.2. The number of sulfonamides is 1. The van der Waals surface area contributed by atoms with Crippen LogP contribution in [0.25, 0.3) is 0 Å². The molecular weight excluding hydrogens is 437 g/mol. The number of nitrogens with one attached hydrogen (secondary N) is 4. The van der Waals surface area contributed by atoms with Gasteiger partial charge in [0, 0.05) is 36.3 Å². The number of hydrazone groups is 1. The summed E-state index contributed by atoms with van der Waals surface area (Å²) < 4.78 is 42.3. The van der Waals surface area contributed by atoms with Gasteiger partial charge in [-0.3, -0.25) is 10.1 Å². The number of benzene rings is 1. The number of aliphatic hydroxyl groups is 1. The quantitative estimate of drug-likeness (QED) is 0.188. The average molecular weight is 464 g/mol. The lowest BCUT2D eigenvalue weighted by Crippen LogP contribution is -2.49. The number of hydrogen-bond donors (Lipinski definition) is 8. The van der Waals surface area contributed by atoms with Gasteiger partial charge in [0.05, 0.1) is 18.2 Å². The predicted molar refractivity (Wildman–Crippen MR) is 112 cm³/mol. The summed E-state index contributed by atoms with van der Waals surface area (Å²) in [6.45, 7) is 0.650. The third kappa shape index (κ3) is 5.12. The lowest BCUT2D eigenvalue weighted by atomic mass is 10.0. The normalized spacial score (nSPS) is 23.0. The Labute approximate surface area is 177 Å². The molecule has 30 heavy (non-hydrogen) atoms. The van der Waals surface area contributed by atoms with E-state index in [4.69, 9.17) is 16.6 Å². The Morgan fingerprint density at radius 3 is 2.83 bits per heavy atom. The first kappa shape index (κ1) is 23.0. The third-order valence-corrected chi connectivity index (χ3v) is 6.72. The minimum atomic E-state index is -4.21. The molecule has 3 atom stereocenters. The molecule has 0 radical (unpaired) electrons.